The van der Waals surface area contributed by atoms with Crippen LogP contribution in [0.2, 0.25) is 0 Å². The van der Waals surface area contributed by atoms with Crippen LogP contribution in [-0.2, 0) is 11.2 Å². The van der Waals surface area contributed by atoms with Crippen molar-refractivity contribution >= 4 is 0 Å². The van der Waals surface area contributed by atoms with Crippen molar-refractivity contribution in [3.05, 3.63) is 70.3 Å². The molecule has 3 nitrogen and oxygen atoms in total. The molecule has 0 radical (unpaired) electrons. The maximum absolute atomic E-state index is 10.2. The van der Waals surface area contributed by atoms with E-state index in [1.807, 2.05) is 0 Å². The van der Waals surface area contributed by atoms with Crippen LogP contribution < -0.4 is 0 Å². The van der Waals surface area contributed by atoms with Gasteiger partial charge in [0.2, 0.25) is 0 Å². The van der Waals surface area contributed by atoms with Gasteiger partial charge in [-0.3, -0.25) is 0 Å². The van der Waals surface area contributed by atoms with Crippen LogP contribution in [0, 0.1) is 12.3 Å². The highest BCUT2D eigenvalue weighted by atomic mass is 16.5. The van der Waals surface area contributed by atoms with Crippen molar-refractivity contribution in [3.63, 3.8) is 0 Å². The average molecular weight is 435 g/mol. The van der Waals surface area contributed by atoms with Gasteiger partial charge in [-0.05, 0) is 84.6 Å². The molecule has 3 heteroatoms. The van der Waals surface area contributed by atoms with E-state index < -0.39 is 6.10 Å². The van der Waals surface area contributed by atoms with Gasteiger partial charge >= 0.3 is 0 Å². The third-order valence-electron chi connectivity index (χ3n) is 8.54. The number of ether oxygens (including phenoxy) is 1. The third-order valence-corrected chi connectivity index (χ3v) is 8.54. The number of aryl methyl sites for hydroxylation is 1. The van der Waals surface area contributed by atoms with Crippen LogP contribution in [0.1, 0.15) is 97.6 Å². The van der Waals surface area contributed by atoms with E-state index in [1.165, 1.54) is 67.2 Å². The van der Waals surface area contributed by atoms with Crippen molar-refractivity contribution in [2.45, 2.75) is 95.4 Å². The molecular weight excluding hydrogens is 396 g/mol. The second-order valence-corrected chi connectivity index (χ2v) is 10.8. The summed E-state index contributed by atoms with van der Waals surface area (Å²) in [4.78, 5) is 0. The Balaban J connectivity index is 1.27. The van der Waals surface area contributed by atoms with Crippen LogP contribution >= 0.6 is 0 Å². The lowest BCUT2D eigenvalue weighted by molar-refractivity contribution is -0.113. The Hall–Kier alpha value is -1.68. The molecule has 3 aliphatic rings. The topological polar surface area (TPSA) is 49.7 Å². The molecule has 4 atom stereocenters. The van der Waals surface area contributed by atoms with Gasteiger partial charge < -0.3 is 14.9 Å². The first-order valence-corrected chi connectivity index (χ1v) is 12.7. The van der Waals surface area contributed by atoms with E-state index in [4.69, 9.17) is 4.74 Å². The molecule has 1 heterocycles. The molecule has 1 aliphatic heterocycles. The van der Waals surface area contributed by atoms with Crippen molar-refractivity contribution < 1.29 is 14.9 Å². The van der Waals surface area contributed by atoms with Gasteiger partial charge in [0.1, 0.15) is 0 Å². The van der Waals surface area contributed by atoms with E-state index in [-0.39, 0.29) is 18.8 Å². The maximum Gasteiger partial charge on any atom is 0.0854 e. The normalized spacial score (nSPS) is 29.6. The predicted octanol–water partition coefficient (Wildman–Crippen LogP) is 5.99. The van der Waals surface area contributed by atoms with E-state index in [1.54, 1.807) is 0 Å². The SMILES string of the molecule is Cc1ccc(C2CC(O)CC(CO)O2)cc1Cc1ccc(C2CCC3(CCCC3)C2)cc1. The Bertz CT molecular complexity index is 912. The minimum Gasteiger partial charge on any atom is -0.394 e. The summed E-state index contributed by atoms with van der Waals surface area (Å²) in [5, 5.41) is 19.7. The van der Waals surface area contributed by atoms with Crippen LogP contribution in [-0.4, -0.2) is 29.0 Å². The van der Waals surface area contributed by atoms with Crippen LogP contribution in [0.25, 0.3) is 0 Å². The highest BCUT2D eigenvalue weighted by Gasteiger charge is 2.41. The first-order valence-electron chi connectivity index (χ1n) is 12.7. The van der Waals surface area contributed by atoms with Gasteiger partial charge in [-0.15, -0.1) is 0 Å². The fraction of sp³-hybridized carbons (Fsp3) is 0.586. The zero-order valence-electron chi connectivity index (χ0n) is 19.4. The molecule has 5 rings (SSSR count). The standard InChI is InChI=1S/C29H38O3/c1-20-4-7-23(28-17-26(31)16-27(19-30)32-28)15-25(20)14-21-5-8-22(9-6-21)24-10-13-29(18-24)11-2-3-12-29/h4-9,15,24,26-28,30-31H,2-3,10-14,16-19H2,1H3. The van der Waals surface area contributed by atoms with Gasteiger partial charge in [0, 0.05) is 12.8 Å². The van der Waals surface area contributed by atoms with Crippen molar-refractivity contribution in [1.29, 1.82) is 0 Å². The Labute approximate surface area is 192 Å². The number of aliphatic hydroxyl groups excluding tert-OH is 2. The molecule has 0 amide bonds. The average Bonchev–Trinajstić information content (AvgIpc) is 3.45. The molecule has 2 N–H and O–H groups in total. The summed E-state index contributed by atoms with van der Waals surface area (Å²) in [6.07, 6.45) is 11.2. The molecule has 1 saturated heterocycles. The molecule has 1 spiro atoms. The summed E-state index contributed by atoms with van der Waals surface area (Å²) < 4.78 is 6.04. The maximum atomic E-state index is 10.2. The highest BCUT2D eigenvalue weighted by molar-refractivity contribution is 5.37. The lowest BCUT2D eigenvalue weighted by Gasteiger charge is -2.32. The lowest BCUT2D eigenvalue weighted by Crippen LogP contribution is -2.33. The number of benzene rings is 2. The molecule has 0 aromatic heterocycles. The molecule has 2 saturated carbocycles. The molecule has 32 heavy (non-hydrogen) atoms. The molecule has 4 unspecified atom stereocenters. The number of rotatable bonds is 5. The van der Waals surface area contributed by atoms with Crippen molar-refractivity contribution in [2.75, 3.05) is 6.61 Å². The summed E-state index contributed by atoms with van der Waals surface area (Å²) in [5.74, 6) is 0.751. The van der Waals surface area contributed by atoms with E-state index in [9.17, 15) is 10.2 Å². The second-order valence-electron chi connectivity index (χ2n) is 10.8. The fourth-order valence-electron chi connectivity index (χ4n) is 6.60. The van der Waals surface area contributed by atoms with Gasteiger partial charge in [-0.2, -0.15) is 0 Å². The Morgan fingerprint density at radius 2 is 1.72 bits per heavy atom. The van der Waals surface area contributed by atoms with Gasteiger partial charge in [0.15, 0.2) is 0 Å². The smallest absolute Gasteiger partial charge is 0.0854 e. The van der Waals surface area contributed by atoms with Gasteiger partial charge in [0.25, 0.3) is 0 Å². The summed E-state index contributed by atoms with van der Waals surface area (Å²) in [5.41, 5.74) is 7.25. The molecule has 172 valence electrons. The Kier molecular flexibility index (Phi) is 6.42. The quantitative estimate of drug-likeness (QED) is 0.608. The first-order chi connectivity index (χ1) is 15.5. The van der Waals surface area contributed by atoms with Gasteiger partial charge in [-0.1, -0.05) is 55.3 Å². The molecule has 2 aliphatic carbocycles. The van der Waals surface area contributed by atoms with Crippen LogP contribution in [0.3, 0.4) is 0 Å². The summed E-state index contributed by atoms with van der Waals surface area (Å²) in [7, 11) is 0. The molecule has 3 fully saturated rings. The van der Waals surface area contributed by atoms with Crippen molar-refractivity contribution in [3.8, 4) is 0 Å². The van der Waals surface area contributed by atoms with E-state index in [0.717, 1.165) is 17.9 Å². The largest absolute Gasteiger partial charge is 0.394 e. The van der Waals surface area contributed by atoms with Crippen LogP contribution in [0.15, 0.2) is 42.5 Å². The molecule has 2 aromatic carbocycles. The molecule has 2 aromatic rings. The number of aliphatic hydroxyl groups is 2. The lowest BCUT2D eigenvalue weighted by atomic mass is 9.82. The van der Waals surface area contributed by atoms with E-state index in [2.05, 4.69) is 49.4 Å². The minimum absolute atomic E-state index is 0.0409. The third kappa shape index (κ3) is 4.66. The Morgan fingerprint density at radius 1 is 0.969 bits per heavy atom. The summed E-state index contributed by atoms with van der Waals surface area (Å²) >= 11 is 0. The second kappa shape index (κ2) is 9.29. The van der Waals surface area contributed by atoms with E-state index in [0.29, 0.717) is 18.3 Å². The molecular formula is C29H38O3. The monoisotopic (exact) mass is 434 g/mol. The predicted molar refractivity (Wildman–Crippen MR) is 128 cm³/mol. The number of hydrogen-bond donors (Lipinski definition) is 2. The highest BCUT2D eigenvalue weighted by Crippen LogP contribution is 2.55. The summed E-state index contributed by atoms with van der Waals surface area (Å²) in [6, 6.07) is 15.9. The van der Waals surface area contributed by atoms with Crippen LogP contribution in [0.5, 0.6) is 0 Å². The minimum atomic E-state index is -0.415. The first kappa shape index (κ1) is 22.1. The molecule has 0 bridgehead atoms. The van der Waals surface area contributed by atoms with Crippen molar-refractivity contribution in [2.24, 2.45) is 5.41 Å². The van der Waals surface area contributed by atoms with Gasteiger partial charge in [0.05, 0.1) is 24.9 Å². The van der Waals surface area contributed by atoms with Gasteiger partial charge in [-0.25, -0.2) is 0 Å². The fourth-order valence-corrected chi connectivity index (χ4v) is 6.60. The van der Waals surface area contributed by atoms with Crippen LogP contribution in [0.4, 0.5) is 0 Å². The Morgan fingerprint density at radius 3 is 2.47 bits per heavy atom. The summed E-state index contributed by atoms with van der Waals surface area (Å²) in [6.45, 7) is 2.13. The zero-order chi connectivity index (χ0) is 22.1. The van der Waals surface area contributed by atoms with Crippen molar-refractivity contribution in [1.82, 2.24) is 0 Å². The number of hydrogen-bond acceptors (Lipinski definition) is 3. The van der Waals surface area contributed by atoms with E-state index >= 15 is 0 Å². The zero-order valence-corrected chi connectivity index (χ0v) is 19.4.